The van der Waals surface area contributed by atoms with Gasteiger partial charge in [-0.1, -0.05) is 12.0 Å². The molecule has 5 aliphatic heterocycles. The van der Waals surface area contributed by atoms with Gasteiger partial charge >= 0.3 is 6.01 Å². The molecule has 0 radical (unpaired) electrons. The van der Waals surface area contributed by atoms with Crippen LogP contribution in [0, 0.1) is 24.0 Å². The van der Waals surface area contributed by atoms with Gasteiger partial charge in [0, 0.05) is 74.1 Å². The predicted octanol–water partition coefficient (Wildman–Crippen LogP) is 5.23. The van der Waals surface area contributed by atoms with Gasteiger partial charge in [0.15, 0.2) is 5.82 Å². The summed E-state index contributed by atoms with van der Waals surface area (Å²) in [5.74, 6) is 1.28. The summed E-state index contributed by atoms with van der Waals surface area (Å²) in [6.45, 7) is 2.75. The van der Waals surface area contributed by atoms with E-state index in [1.807, 2.05) is 4.90 Å². The number of alkyl halides is 1. The van der Waals surface area contributed by atoms with E-state index in [0.29, 0.717) is 61.1 Å². The normalized spacial score (nSPS) is 26.5. The topological polar surface area (TPSA) is 109 Å². The number of nitrogens with zero attached hydrogens (tertiary/aromatic N) is 7. The van der Waals surface area contributed by atoms with Gasteiger partial charge in [-0.25, -0.2) is 13.2 Å². The number of benzene rings is 3. The Bertz CT molecular complexity index is 2430. The molecule has 3 aromatic carbocycles. The summed E-state index contributed by atoms with van der Waals surface area (Å²) in [7, 11) is 1.72. The van der Waals surface area contributed by atoms with Gasteiger partial charge < -0.3 is 24.4 Å². The molecule has 2 bridgehead atoms. The molecule has 0 aliphatic carbocycles. The largest absolute Gasteiger partial charge is 0.508 e. The lowest BCUT2D eigenvalue weighted by molar-refractivity contribution is -0.159. The SMILES string of the molecule is C#Cc1c(F)ccc2cc(O)cc(-c3c(F)c4nc(OC[C@@]56CCCN5C[C@H](F)C6)nc(N5C[C@H]6CC[C@@H](C5)N6C(=O)C5CCO5)c4c4cn(C)nc34)c12. The van der Waals surface area contributed by atoms with Crippen molar-refractivity contribution in [3.8, 4) is 35.2 Å². The molecule has 5 saturated heterocycles. The summed E-state index contributed by atoms with van der Waals surface area (Å²) < 4.78 is 61.2. The summed E-state index contributed by atoms with van der Waals surface area (Å²) in [4.78, 5) is 29.3. The zero-order chi connectivity index (χ0) is 37.0. The van der Waals surface area contributed by atoms with Crippen molar-refractivity contribution < 1.29 is 32.5 Å². The Hall–Kier alpha value is -5.13. The van der Waals surface area contributed by atoms with Crippen LogP contribution in [-0.4, -0.2) is 110 Å². The van der Waals surface area contributed by atoms with Crippen molar-refractivity contribution in [3.05, 3.63) is 47.7 Å². The summed E-state index contributed by atoms with van der Waals surface area (Å²) in [6, 6.07) is 5.28. The minimum atomic E-state index is -0.962. The maximum absolute atomic E-state index is 17.7. The number of terminal acetylenes is 1. The summed E-state index contributed by atoms with van der Waals surface area (Å²) in [5.41, 5.74) is -0.225. The van der Waals surface area contributed by atoms with Crippen molar-refractivity contribution in [2.24, 2.45) is 7.05 Å². The molecule has 11 nitrogen and oxygen atoms in total. The third-order valence-electron chi connectivity index (χ3n) is 12.3. The van der Waals surface area contributed by atoms with Crippen LogP contribution in [0.1, 0.15) is 44.1 Å². The van der Waals surface area contributed by atoms with Crippen LogP contribution in [0.25, 0.3) is 43.7 Å². The number of piperazine rings is 1. The number of carbonyl (C=O) groups is 1. The number of aromatic hydroxyl groups is 1. The number of phenolic OH excluding ortho intramolecular Hbond substituents is 1. The quantitative estimate of drug-likeness (QED) is 0.235. The lowest BCUT2D eigenvalue weighted by Crippen LogP contribution is -2.59. The van der Waals surface area contributed by atoms with Crippen LogP contribution < -0.4 is 9.64 Å². The van der Waals surface area contributed by atoms with Gasteiger partial charge in [-0.3, -0.25) is 14.4 Å². The Balaban J connectivity index is 1.17. The maximum Gasteiger partial charge on any atom is 0.319 e. The summed E-state index contributed by atoms with van der Waals surface area (Å²) >= 11 is 0. The number of hydrogen-bond donors (Lipinski definition) is 1. The molecule has 0 saturated carbocycles. The van der Waals surface area contributed by atoms with Crippen molar-refractivity contribution in [2.45, 2.75) is 68.4 Å². The Morgan fingerprint density at radius 1 is 1.11 bits per heavy atom. The first-order valence-electron chi connectivity index (χ1n) is 18.6. The lowest BCUT2D eigenvalue weighted by atomic mass is 9.91. The van der Waals surface area contributed by atoms with Crippen LogP contribution in [0.5, 0.6) is 11.8 Å². The highest BCUT2D eigenvalue weighted by Crippen LogP contribution is 2.46. The Kier molecular flexibility index (Phi) is 7.55. The second kappa shape index (κ2) is 12.2. The fourth-order valence-corrected chi connectivity index (χ4v) is 9.90. The van der Waals surface area contributed by atoms with E-state index in [4.69, 9.17) is 31.0 Å². The molecule has 10 rings (SSSR count). The van der Waals surface area contributed by atoms with Crippen LogP contribution in [0.15, 0.2) is 30.5 Å². The van der Waals surface area contributed by atoms with Crippen molar-refractivity contribution in [3.63, 3.8) is 0 Å². The Labute approximate surface area is 308 Å². The molecule has 5 fully saturated rings. The summed E-state index contributed by atoms with van der Waals surface area (Å²) in [6.07, 6.45) is 10.6. The Morgan fingerprint density at radius 3 is 2.65 bits per heavy atom. The first kappa shape index (κ1) is 33.4. The van der Waals surface area contributed by atoms with Crippen LogP contribution in [0.4, 0.5) is 19.0 Å². The number of carbonyl (C=O) groups excluding carboxylic acids is 1. The molecule has 2 aromatic heterocycles. The van der Waals surface area contributed by atoms with E-state index in [0.717, 1.165) is 32.2 Å². The van der Waals surface area contributed by atoms with Crippen molar-refractivity contribution >= 4 is 44.3 Å². The molecule has 54 heavy (non-hydrogen) atoms. The van der Waals surface area contributed by atoms with Gasteiger partial charge in [-0.2, -0.15) is 15.1 Å². The van der Waals surface area contributed by atoms with Gasteiger partial charge in [0.05, 0.1) is 23.1 Å². The molecule has 1 unspecified atom stereocenters. The number of anilines is 1. The maximum atomic E-state index is 17.7. The van der Waals surface area contributed by atoms with E-state index in [2.05, 4.69) is 15.7 Å². The van der Waals surface area contributed by atoms with Crippen molar-refractivity contribution in [1.29, 1.82) is 0 Å². The molecular formula is C40H38F3N7O4. The second-order valence-electron chi connectivity index (χ2n) is 15.5. The molecule has 5 aliphatic rings. The minimum absolute atomic E-state index is 0.00990. The number of aromatic nitrogens is 4. The highest BCUT2D eigenvalue weighted by molar-refractivity contribution is 6.18. The van der Waals surface area contributed by atoms with Crippen LogP contribution in [0.2, 0.25) is 0 Å². The Morgan fingerprint density at radius 2 is 1.91 bits per heavy atom. The number of hydrogen-bond acceptors (Lipinski definition) is 9. The standard InChI is InChI=1S/C40H38F3N7O4/c1-3-26-29(42)8-5-21-13-25(51)14-27(31(21)26)32-34(43)36-33(28-19-47(2)46-35(28)32)37(45-39(44-36)54-20-40-10-4-11-49(40)16-22(41)15-40)48-17-23-6-7-24(18-48)50(23)38(52)30-9-12-53-30/h1,5,8,13-14,19,22-24,30,51H,4,6-7,9-12,15-18,20H2,2H3/t22-,23-,24+,30?,40+/m1/s1. The van der Waals surface area contributed by atoms with E-state index in [1.54, 1.807) is 17.9 Å². The highest BCUT2D eigenvalue weighted by atomic mass is 19.1. The van der Waals surface area contributed by atoms with Gasteiger partial charge in [0.1, 0.15) is 47.3 Å². The van der Waals surface area contributed by atoms with E-state index in [-0.39, 0.29) is 69.5 Å². The first-order chi connectivity index (χ1) is 26.1. The van der Waals surface area contributed by atoms with Gasteiger partial charge in [-0.15, -0.1) is 6.42 Å². The number of halogens is 3. The van der Waals surface area contributed by atoms with Crippen molar-refractivity contribution in [2.75, 3.05) is 44.3 Å². The number of fused-ring (bicyclic) bond motifs is 7. The van der Waals surface area contributed by atoms with Gasteiger partial charge in [0.25, 0.3) is 5.91 Å². The number of amides is 1. The molecule has 5 atom stereocenters. The molecular weight excluding hydrogens is 699 g/mol. The second-order valence-corrected chi connectivity index (χ2v) is 15.5. The number of rotatable bonds is 6. The third kappa shape index (κ3) is 4.97. The monoisotopic (exact) mass is 737 g/mol. The first-order valence-corrected chi connectivity index (χ1v) is 18.6. The van der Waals surface area contributed by atoms with E-state index in [9.17, 15) is 14.3 Å². The van der Waals surface area contributed by atoms with E-state index < -0.39 is 29.4 Å². The predicted molar refractivity (Wildman–Crippen MR) is 195 cm³/mol. The fraction of sp³-hybridized carbons (Fsp3) is 0.450. The minimum Gasteiger partial charge on any atom is -0.508 e. The smallest absolute Gasteiger partial charge is 0.319 e. The lowest BCUT2D eigenvalue weighted by Gasteiger charge is -2.44. The molecule has 14 heteroatoms. The average Bonchev–Trinajstić information content (AvgIpc) is 3.85. The number of aryl methyl sites for hydroxylation is 1. The van der Waals surface area contributed by atoms with Gasteiger partial charge in [-0.05, 0) is 61.4 Å². The fourth-order valence-electron chi connectivity index (χ4n) is 9.90. The molecule has 1 amide bonds. The third-order valence-corrected chi connectivity index (χ3v) is 12.3. The van der Waals surface area contributed by atoms with Crippen molar-refractivity contribution in [1.82, 2.24) is 29.5 Å². The van der Waals surface area contributed by atoms with Crippen LogP contribution in [0.3, 0.4) is 0 Å². The number of ether oxygens (including phenoxy) is 2. The van der Waals surface area contributed by atoms with E-state index in [1.165, 1.54) is 24.3 Å². The highest BCUT2D eigenvalue weighted by Gasteiger charge is 2.50. The van der Waals surface area contributed by atoms with Gasteiger partial charge in [0.2, 0.25) is 0 Å². The molecule has 0 spiro atoms. The molecule has 5 aromatic rings. The zero-order valence-electron chi connectivity index (χ0n) is 29.7. The van der Waals surface area contributed by atoms with Crippen LogP contribution in [-0.2, 0) is 16.6 Å². The average molecular weight is 738 g/mol. The molecule has 1 N–H and O–H groups in total. The molecule has 278 valence electrons. The zero-order valence-corrected chi connectivity index (χ0v) is 29.7. The number of phenols is 1. The summed E-state index contributed by atoms with van der Waals surface area (Å²) in [5, 5.41) is 17.2. The van der Waals surface area contributed by atoms with E-state index >= 15 is 8.78 Å². The molecule has 7 heterocycles. The van der Waals surface area contributed by atoms with Crippen LogP contribution >= 0.6 is 0 Å².